The molecule has 3 atom stereocenters. The van der Waals surface area contributed by atoms with Crippen LogP contribution in [0, 0.1) is 6.92 Å². The number of hydrogen-bond donors (Lipinski definition) is 2. The van der Waals surface area contributed by atoms with Crippen LogP contribution in [0.25, 0.3) is 0 Å². The Kier molecular flexibility index (Phi) is 8.39. The van der Waals surface area contributed by atoms with Crippen molar-refractivity contribution in [3.05, 3.63) is 65.2 Å². The van der Waals surface area contributed by atoms with Crippen LogP contribution in [-0.2, 0) is 11.3 Å². The molecule has 2 fully saturated rings. The molecule has 2 aromatic carbocycles. The third-order valence-electron chi connectivity index (χ3n) is 5.50. The summed E-state index contributed by atoms with van der Waals surface area (Å²) in [6.45, 7) is 7.06. The Bertz CT molecular complexity index is 838. The standard InChI is InChI=1S/C24H31N3O2.HI/c1-3-25-24(27-22-14-21(22)18-7-5-4-6-8-18)26-15-19-10-9-17(2)13-23(19)29-20-11-12-28-16-20;/h4-10,13,20-22H,3,11-12,14-16H2,1-2H3,(H2,25,26,27);1H. The monoisotopic (exact) mass is 521 g/mol. The maximum absolute atomic E-state index is 6.21. The van der Waals surface area contributed by atoms with Gasteiger partial charge in [-0.2, -0.15) is 0 Å². The van der Waals surface area contributed by atoms with Crippen molar-refractivity contribution in [3.8, 4) is 5.75 Å². The van der Waals surface area contributed by atoms with Gasteiger partial charge in [-0.15, -0.1) is 24.0 Å². The van der Waals surface area contributed by atoms with E-state index >= 15 is 0 Å². The van der Waals surface area contributed by atoms with E-state index in [-0.39, 0.29) is 30.1 Å². The van der Waals surface area contributed by atoms with Crippen molar-refractivity contribution in [2.24, 2.45) is 4.99 Å². The van der Waals surface area contributed by atoms with Gasteiger partial charge in [-0.05, 0) is 37.5 Å². The summed E-state index contributed by atoms with van der Waals surface area (Å²) in [5.74, 6) is 2.36. The first kappa shape index (κ1) is 22.9. The summed E-state index contributed by atoms with van der Waals surface area (Å²) < 4.78 is 11.7. The van der Waals surface area contributed by atoms with E-state index in [0.29, 0.717) is 25.1 Å². The van der Waals surface area contributed by atoms with Crippen LogP contribution < -0.4 is 15.4 Å². The van der Waals surface area contributed by atoms with Gasteiger partial charge in [0, 0.05) is 30.5 Å². The molecule has 2 aromatic rings. The second-order valence-electron chi connectivity index (χ2n) is 7.91. The fraction of sp³-hybridized carbons (Fsp3) is 0.458. The summed E-state index contributed by atoms with van der Waals surface area (Å²) in [5, 5.41) is 6.97. The van der Waals surface area contributed by atoms with Gasteiger partial charge >= 0.3 is 0 Å². The van der Waals surface area contributed by atoms with E-state index in [0.717, 1.165) is 43.3 Å². The molecule has 0 spiro atoms. The summed E-state index contributed by atoms with van der Waals surface area (Å²) in [4.78, 5) is 4.84. The van der Waals surface area contributed by atoms with Crippen molar-refractivity contribution in [2.75, 3.05) is 19.8 Å². The molecular formula is C24H32IN3O2. The topological polar surface area (TPSA) is 54.9 Å². The second-order valence-corrected chi connectivity index (χ2v) is 7.91. The minimum absolute atomic E-state index is 0. The molecule has 0 radical (unpaired) electrons. The smallest absolute Gasteiger partial charge is 0.191 e. The maximum Gasteiger partial charge on any atom is 0.191 e. The lowest BCUT2D eigenvalue weighted by atomic mass is 10.1. The highest BCUT2D eigenvalue weighted by atomic mass is 127. The lowest BCUT2D eigenvalue weighted by molar-refractivity contribution is 0.140. The average molecular weight is 521 g/mol. The minimum Gasteiger partial charge on any atom is -0.488 e. The molecule has 1 aliphatic heterocycles. The largest absolute Gasteiger partial charge is 0.488 e. The molecule has 4 rings (SSSR count). The van der Waals surface area contributed by atoms with Crippen molar-refractivity contribution in [2.45, 2.75) is 51.3 Å². The number of halogens is 1. The molecule has 0 amide bonds. The fourth-order valence-electron chi connectivity index (χ4n) is 3.77. The number of nitrogens with zero attached hydrogens (tertiary/aromatic N) is 1. The Morgan fingerprint density at radius 2 is 2.03 bits per heavy atom. The van der Waals surface area contributed by atoms with Crippen molar-refractivity contribution < 1.29 is 9.47 Å². The number of aryl methyl sites for hydroxylation is 1. The van der Waals surface area contributed by atoms with Gasteiger partial charge in [0.05, 0.1) is 19.8 Å². The van der Waals surface area contributed by atoms with Crippen molar-refractivity contribution in [3.63, 3.8) is 0 Å². The quantitative estimate of drug-likeness (QED) is 0.323. The van der Waals surface area contributed by atoms with Crippen LogP contribution in [0.4, 0.5) is 0 Å². The summed E-state index contributed by atoms with van der Waals surface area (Å²) in [7, 11) is 0. The molecule has 6 heteroatoms. The molecule has 3 unspecified atom stereocenters. The number of aliphatic imine (C=N–C) groups is 1. The van der Waals surface area contributed by atoms with Gasteiger partial charge in [0.2, 0.25) is 0 Å². The van der Waals surface area contributed by atoms with E-state index in [2.05, 4.69) is 73.0 Å². The highest BCUT2D eigenvalue weighted by Crippen LogP contribution is 2.40. The average Bonchev–Trinajstić information content (AvgIpc) is 3.31. The number of rotatable bonds is 7. The summed E-state index contributed by atoms with van der Waals surface area (Å²) >= 11 is 0. The van der Waals surface area contributed by atoms with Crippen LogP contribution in [0.15, 0.2) is 53.5 Å². The van der Waals surface area contributed by atoms with Crippen molar-refractivity contribution in [1.29, 1.82) is 0 Å². The SMILES string of the molecule is CCNC(=NCc1ccc(C)cc1OC1CCOC1)NC1CC1c1ccccc1.I. The number of ether oxygens (including phenoxy) is 2. The Hall–Kier alpha value is -1.80. The van der Waals surface area contributed by atoms with Gasteiger partial charge < -0.3 is 20.1 Å². The zero-order valence-electron chi connectivity index (χ0n) is 17.8. The van der Waals surface area contributed by atoms with Crippen molar-refractivity contribution >= 4 is 29.9 Å². The van der Waals surface area contributed by atoms with Crippen molar-refractivity contribution in [1.82, 2.24) is 10.6 Å². The van der Waals surface area contributed by atoms with Gasteiger partial charge in [0.25, 0.3) is 0 Å². The van der Waals surface area contributed by atoms with Gasteiger partial charge in [-0.25, -0.2) is 4.99 Å². The predicted molar refractivity (Wildman–Crippen MR) is 132 cm³/mol. The molecule has 1 saturated carbocycles. The molecule has 2 N–H and O–H groups in total. The summed E-state index contributed by atoms with van der Waals surface area (Å²) in [6, 6.07) is 17.5. The Balaban J connectivity index is 0.00000256. The normalized spacial score (nSPS) is 22.9. The van der Waals surface area contributed by atoms with Crippen LogP contribution in [0.5, 0.6) is 5.75 Å². The van der Waals surface area contributed by atoms with Crippen LogP contribution >= 0.6 is 24.0 Å². The lowest BCUT2D eigenvalue weighted by Gasteiger charge is -2.16. The van der Waals surface area contributed by atoms with Crippen LogP contribution in [0.3, 0.4) is 0 Å². The Morgan fingerprint density at radius 3 is 2.77 bits per heavy atom. The molecule has 5 nitrogen and oxygen atoms in total. The van der Waals surface area contributed by atoms with E-state index in [9.17, 15) is 0 Å². The first-order valence-electron chi connectivity index (χ1n) is 10.7. The molecule has 2 aliphatic rings. The van der Waals surface area contributed by atoms with Gasteiger partial charge in [-0.3, -0.25) is 0 Å². The lowest BCUT2D eigenvalue weighted by Crippen LogP contribution is -2.39. The van der Waals surface area contributed by atoms with Gasteiger partial charge in [0.15, 0.2) is 5.96 Å². The summed E-state index contributed by atoms with van der Waals surface area (Å²) in [5.41, 5.74) is 3.70. The molecule has 1 heterocycles. The van der Waals surface area contributed by atoms with E-state index in [1.165, 1.54) is 11.1 Å². The van der Waals surface area contributed by atoms with Crippen LogP contribution in [0.1, 0.15) is 42.4 Å². The fourth-order valence-corrected chi connectivity index (χ4v) is 3.77. The van der Waals surface area contributed by atoms with E-state index in [4.69, 9.17) is 14.5 Å². The number of hydrogen-bond acceptors (Lipinski definition) is 3. The number of guanidine groups is 1. The highest BCUT2D eigenvalue weighted by molar-refractivity contribution is 14.0. The second kappa shape index (κ2) is 11.0. The predicted octanol–water partition coefficient (Wildman–Crippen LogP) is 4.39. The highest BCUT2D eigenvalue weighted by Gasteiger charge is 2.38. The molecule has 0 bridgehead atoms. The van der Waals surface area contributed by atoms with Gasteiger partial charge in [-0.1, -0.05) is 42.5 Å². The molecule has 30 heavy (non-hydrogen) atoms. The molecule has 162 valence electrons. The number of nitrogens with one attached hydrogen (secondary N) is 2. The molecule has 1 saturated heterocycles. The first-order valence-corrected chi connectivity index (χ1v) is 10.7. The number of benzene rings is 2. The third kappa shape index (κ3) is 6.11. The third-order valence-corrected chi connectivity index (χ3v) is 5.50. The maximum atomic E-state index is 6.21. The van der Waals surface area contributed by atoms with Crippen LogP contribution in [0.2, 0.25) is 0 Å². The van der Waals surface area contributed by atoms with Gasteiger partial charge in [0.1, 0.15) is 11.9 Å². The summed E-state index contributed by atoms with van der Waals surface area (Å²) in [6.07, 6.45) is 2.24. The zero-order chi connectivity index (χ0) is 20.1. The van der Waals surface area contributed by atoms with E-state index < -0.39 is 0 Å². The molecule has 0 aromatic heterocycles. The minimum atomic E-state index is 0. The van der Waals surface area contributed by atoms with E-state index in [1.54, 1.807) is 0 Å². The van der Waals surface area contributed by atoms with E-state index in [1.807, 2.05) is 0 Å². The Morgan fingerprint density at radius 1 is 1.20 bits per heavy atom. The first-order chi connectivity index (χ1) is 14.2. The molecular weight excluding hydrogens is 489 g/mol. The molecule has 1 aliphatic carbocycles. The Labute approximate surface area is 196 Å². The zero-order valence-corrected chi connectivity index (χ0v) is 20.1. The van der Waals surface area contributed by atoms with Crippen LogP contribution in [-0.4, -0.2) is 37.9 Å².